The van der Waals surface area contributed by atoms with E-state index < -0.39 is 5.41 Å². The van der Waals surface area contributed by atoms with E-state index >= 15 is 0 Å². The van der Waals surface area contributed by atoms with Crippen molar-refractivity contribution in [3.63, 3.8) is 0 Å². The van der Waals surface area contributed by atoms with Gasteiger partial charge in [-0.3, -0.25) is 19.3 Å². The van der Waals surface area contributed by atoms with Crippen molar-refractivity contribution >= 4 is 50.7 Å². The smallest absolute Gasteiger partial charge is 0.253 e. The molecule has 0 fully saturated rings. The predicted octanol–water partition coefficient (Wildman–Crippen LogP) is 6.00. The highest BCUT2D eigenvalue weighted by molar-refractivity contribution is 9.10. The Kier molecular flexibility index (Phi) is 4.16. The van der Waals surface area contributed by atoms with Gasteiger partial charge >= 0.3 is 0 Å². The number of allylic oxidation sites excluding steroid dienone is 1. The number of rotatable bonds is 1. The highest BCUT2D eigenvalue weighted by atomic mass is 79.9. The third kappa shape index (κ3) is 2.53. The third-order valence-electron chi connectivity index (χ3n) is 7.69. The molecule has 2 aliphatic heterocycles. The molecule has 7 heteroatoms. The van der Waals surface area contributed by atoms with Crippen molar-refractivity contribution in [3.05, 3.63) is 98.9 Å². The van der Waals surface area contributed by atoms with Gasteiger partial charge in [-0.25, -0.2) is 0 Å². The van der Waals surface area contributed by atoms with E-state index in [2.05, 4.69) is 21.2 Å². The standard InChI is InChI=1S/C29H21BrN2O4/c1-28(2)13-20-23(21(33)14-28)29(27(35)32(20)22-8-5-11-36-22)18-12-15(30)9-10-19(18)31-25-16-6-3-4-7-17(16)26(34)24(25)29/h3-12,31H,13-14H2,1-2H3. The highest BCUT2D eigenvalue weighted by Gasteiger charge is 2.65. The monoisotopic (exact) mass is 540 g/mol. The van der Waals surface area contributed by atoms with E-state index in [4.69, 9.17) is 4.42 Å². The van der Waals surface area contributed by atoms with Crippen LogP contribution in [-0.2, 0) is 15.0 Å². The summed E-state index contributed by atoms with van der Waals surface area (Å²) in [7, 11) is 0. The van der Waals surface area contributed by atoms with Crippen molar-refractivity contribution in [2.45, 2.75) is 32.1 Å². The first-order valence-corrected chi connectivity index (χ1v) is 12.6. The number of furan rings is 1. The average molecular weight is 541 g/mol. The molecule has 6 nitrogen and oxygen atoms in total. The average Bonchev–Trinajstić information content (AvgIpc) is 3.51. The Labute approximate surface area is 215 Å². The molecule has 0 saturated carbocycles. The molecule has 0 radical (unpaired) electrons. The maximum atomic E-state index is 14.9. The van der Waals surface area contributed by atoms with Gasteiger partial charge in [-0.2, -0.15) is 0 Å². The number of carbonyl (C=O) groups is 3. The summed E-state index contributed by atoms with van der Waals surface area (Å²) < 4.78 is 6.47. The Morgan fingerprint density at radius 1 is 0.944 bits per heavy atom. The van der Waals surface area contributed by atoms with Crippen molar-refractivity contribution in [2.75, 3.05) is 10.2 Å². The molecular weight excluding hydrogens is 520 g/mol. The summed E-state index contributed by atoms with van der Waals surface area (Å²) in [5.74, 6) is -0.372. The second-order valence-electron chi connectivity index (χ2n) is 10.5. The molecule has 3 heterocycles. The summed E-state index contributed by atoms with van der Waals surface area (Å²) in [5.41, 5.74) is 2.52. The van der Waals surface area contributed by atoms with Gasteiger partial charge in [-0.1, -0.05) is 54.0 Å². The van der Waals surface area contributed by atoms with Crippen molar-refractivity contribution in [2.24, 2.45) is 5.41 Å². The fourth-order valence-corrected chi connectivity index (χ4v) is 6.75. The SMILES string of the molecule is CC1(C)CC(=O)C2=C(C1)N(c1ccco1)C(=O)C21C2=C(Nc3ccc(Br)cc31)c1ccccc1C2=O. The largest absolute Gasteiger partial charge is 0.448 e. The Morgan fingerprint density at radius 3 is 2.47 bits per heavy atom. The van der Waals surface area contributed by atoms with Gasteiger partial charge in [-0.15, -0.1) is 0 Å². The van der Waals surface area contributed by atoms with Gasteiger partial charge < -0.3 is 9.73 Å². The lowest BCUT2D eigenvalue weighted by molar-refractivity contribution is -0.123. The molecule has 36 heavy (non-hydrogen) atoms. The maximum absolute atomic E-state index is 14.9. The maximum Gasteiger partial charge on any atom is 0.253 e. The number of anilines is 2. The molecule has 1 amide bonds. The van der Waals surface area contributed by atoms with Crippen LogP contribution < -0.4 is 10.2 Å². The number of carbonyl (C=O) groups excluding carboxylic acids is 3. The van der Waals surface area contributed by atoms with Crippen LogP contribution in [0.25, 0.3) is 5.70 Å². The van der Waals surface area contributed by atoms with Crippen molar-refractivity contribution in [1.29, 1.82) is 0 Å². The topological polar surface area (TPSA) is 79.6 Å². The summed E-state index contributed by atoms with van der Waals surface area (Å²) in [6.45, 7) is 4.05. The van der Waals surface area contributed by atoms with Crippen LogP contribution >= 0.6 is 15.9 Å². The number of benzene rings is 2. The van der Waals surface area contributed by atoms with Crippen molar-refractivity contribution in [1.82, 2.24) is 0 Å². The minimum Gasteiger partial charge on any atom is -0.448 e. The summed E-state index contributed by atoms with van der Waals surface area (Å²) in [6, 6.07) is 16.4. The van der Waals surface area contributed by atoms with Crippen LogP contribution in [0.2, 0.25) is 0 Å². The number of halogens is 1. The number of hydrogen-bond donors (Lipinski definition) is 1. The van der Waals surface area contributed by atoms with E-state index in [1.165, 1.54) is 11.2 Å². The van der Waals surface area contributed by atoms with E-state index in [0.29, 0.717) is 51.7 Å². The second kappa shape index (κ2) is 6.95. The molecule has 1 unspecified atom stereocenters. The molecule has 2 aromatic carbocycles. The van der Waals surface area contributed by atoms with Gasteiger partial charge in [0.25, 0.3) is 5.91 Å². The predicted molar refractivity (Wildman–Crippen MR) is 138 cm³/mol. The van der Waals surface area contributed by atoms with Crippen LogP contribution in [0.1, 0.15) is 48.2 Å². The lowest BCUT2D eigenvalue weighted by Crippen LogP contribution is -2.47. The van der Waals surface area contributed by atoms with E-state index in [9.17, 15) is 14.4 Å². The lowest BCUT2D eigenvalue weighted by atomic mass is 9.61. The van der Waals surface area contributed by atoms with Gasteiger partial charge in [0.15, 0.2) is 11.6 Å². The van der Waals surface area contributed by atoms with Crippen LogP contribution in [0.4, 0.5) is 11.6 Å². The van der Waals surface area contributed by atoms with E-state index in [1.807, 2.05) is 50.2 Å². The number of nitrogens with one attached hydrogen (secondary N) is 1. The molecular formula is C29H21BrN2O4. The van der Waals surface area contributed by atoms with Crippen LogP contribution in [0, 0.1) is 5.41 Å². The molecule has 7 rings (SSSR count). The summed E-state index contributed by atoms with van der Waals surface area (Å²) >= 11 is 3.56. The molecule has 4 aliphatic rings. The van der Waals surface area contributed by atoms with Crippen LogP contribution in [0.5, 0.6) is 0 Å². The molecule has 3 aromatic rings. The summed E-state index contributed by atoms with van der Waals surface area (Å²) in [5, 5.41) is 3.43. The minimum atomic E-state index is -1.58. The number of ketones is 2. The van der Waals surface area contributed by atoms with Gasteiger partial charge in [0.1, 0.15) is 5.41 Å². The Balaban J connectivity index is 1.63. The summed E-state index contributed by atoms with van der Waals surface area (Å²) in [6.07, 6.45) is 2.30. The Morgan fingerprint density at radius 2 is 1.72 bits per heavy atom. The first-order chi connectivity index (χ1) is 17.2. The fraction of sp³-hybridized carbons (Fsp3) is 0.207. The quantitative estimate of drug-likeness (QED) is 0.409. The van der Waals surface area contributed by atoms with Gasteiger partial charge in [0, 0.05) is 56.2 Å². The highest BCUT2D eigenvalue weighted by Crippen LogP contribution is 2.61. The van der Waals surface area contributed by atoms with Crippen molar-refractivity contribution < 1.29 is 18.8 Å². The van der Waals surface area contributed by atoms with Crippen LogP contribution in [0.15, 0.2) is 86.6 Å². The summed E-state index contributed by atoms with van der Waals surface area (Å²) in [4.78, 5) is 44.5. The number of hydrogen-bond acceptors (Lipinski definition) is 5. The molecule has 0 bridgehead atoms. The van der Waals surface area contributed by atoms with Crippen LogP contribution in [-0.4, -0.2) is 17.5 Å². The first-order valence-electron chi connectivity index (χ1n) is 11.8. The normalized spacial score (nSPS) is 23.6. The zero-order valence-electron chi connectivity index (χ0n) is 19.6. The zero-order valence-corrected chi connectivity index (χ0v) is 21.2. The molecule has 0 saturated heterocycles. The molecule has 1 aromatic heterocycles. The Bertz CT molecular complexity index is 1610. The first kappa shape index (κ1) is 21.6. The lowest BCUT2D eigenvalue weighted by Gasteiger charge is -2.39. The van der Waals surface area contributed by atoms with Crippen molar-refractivity contribution in [3.8, 4) is 0 Å². The van der Waals surface area contributed by atoms with Gasteiger partial charge in [-0.05, 0) is 36.1 Å². The van der Waals surface area contributed by atoms with Crippen LogP contribution in [0.3, 0.4) is 0 Å². The number of nitrogens with zero attached hydrogens (tertiary/aromatic N) is 1. The van der Waals surface area contributed by atoms with E-state index in [-0.39, 0.29) is 29.3 Å². The van der Waals surface area contributed by atoms with Gasteiger partial charge in [0.05, 0.1) is 12.0 Å². The van der Waals surface area contributed by atoms with E-state index in [0.717, 1.165) is 10.0 Å². The second-order valence-corrected chi connectivity index (χ2v) is 11.5. The molecule has 178 valence electrons. The number of fused-ring (bicyclic) bond motifs is 6. The zero-order chi connectivity index (χ0) is 25.0. The number of amides is 1. The molecule has 1 atom stereocenters. The molecule has 1 N–H and O–H groups in total. The molecule has 1 spiro atoms. The third-order valence-corrected chi connectivity index (χ3v) is 8.18. The van der Waals surface area contributed by atoms with Gasteiger partial charge in [0.2, 0.25) is 5.88 Å². The van der Waals surface area contributed by atoms with E-state index in [1.54, 1.807) is 18.2 Å². The fourth-order valence-electron chi connectivity index (χ4n) is 6.39. The Hall–Kier alpha value is -3.71. The minimum absolute atomic E-state index is 0.118. The molecule has 2 aliphatic carbocycles. The number of Topliss-reactive ketones (excluding diaryl/α,β-unsaturated/α-hetero) is 2.